The van der Waals surface area contributed by atoms with Crippen molar-refractivity contribution in [1.29, 1.82) is 0 Å². The van der Waals surface area contributed by atoms with Crippen LogP contribution in [0.2, 0.25) is 0 Å². The number of carboxylic acids is 1. The van der Waals surface area contributed by atoms with Gasteiger partial charge in [0.15, 0.2) is 0 Å². The molecule has 1 rings (SSSR count). The summed E-state index contributed by atoms with van der Waals surface area (Å²) < 4.78 is 5.29. The summed E-state index contributed by atoms with van der Waals surface area (Å²) in [6, 6.07) is 0. The standard InChI is InChI=1S/C9H13NO3/c1-5(2)9-6(3)10-7(13-9)4-8(11)12/h5H,4H2,1-3H3,(H,11,12). The number of carboxylic acid groups (broad SMARTS) is 1. The molecule has 0 aliphatic rings. The van der Waals surface area contributed by atoms with Crippen molar-refractivity contribution in [3.8, 4) is 0 Å². The lowest BCUT2D eigenvalue weighted by atomic mass is 10.1. The van der Waals surface area contributed by atoms with E-state index < -0.39 is 5.97 Å². The van der Waals surface area contributed by atoms with Gasteiger partial charge in [0.2, 0.25) is 5.89 Å². The molecule has 72 valence electrons. The van der Waals surface area contributed by atoms with Crippen LogP contribution in [0.4, 0.5) is 0 Å². The Labute approximate surface area is 76.6 Å². The Hall–Kier alpha value is -1.32. The molecule has 1 aromatic rings. The molecule has 0 aliphatic heterocycles. The van der Waals surface area contributed by atoms with Crippen LogP contribution in [0.1, 0.15) is 37.1 Å². The molecule has 0 unspecified atom stereocenters. The largest absolute Gasteiger partial charge is 0.481 e. The molecule has 1 aromatic heterocycles. The lowest BCUT2D eigenvalue weighted by Crippen LogP contribution is -1.99. The smallest absolute Gasteiger partial charge is 0.312 e. The molecule has 0 amide bonds. The minimum atomic E-state index is -0.920. The first-order valence-electron chi connectivity index (χ1n) is 4.18. The third-order valence-corrected chi connectivity index (χ3v) is 1.70. The predicted molar refractivity (Wildman–Crippen MR) is 46.7 cm³/mol. The average Bonchev–Trinajstić information content (AvgIpc) is 2.29. The Balaban J connectivity index is 2.88. The highest BCUT2D eigenvalue weighted by molar-refractivity contribution is 5.68. The number of rotatable bonds is 3. The first kappa shape index (κ1) is 9.77. The Morgan fingerprint density at radius 1 is 1.62 bits per heavy atom. The van der Waals surface area contributed by atoms with Gasteiger partial charge >= 0.3 is 5.97 Å². The van der Waals surface area contributed by atoms with Gasteiger partial charge in [-0.05, 0) is 6.92 Å². The van der Waals surface area contributed by atoms with Crippen LogP contribution in [-0.2, 0) is 11.2 Å². The van der Waals surface area contributed by atoms with E-state index in [-0.39, 0.29) is 18.2 Å². The van der Waals surface area contributed by atoms with Gasteiger partial charge in [-0.3, -0.25) is 4.79 Å². The second-order valence-corrected chi connectivity index (χ2v) is 3.28. The highest BCUT2D eigenvalue weighted by atomic mass is 16.4. The maximum atomic E-state index is 10.4. The van der Waals surface area contributed by atoms with Crippen molar-refractivity contribution in [1.82, 2.24) is 4.98 Å². The van der Waals surface area contributed by atoms with Crippen LogP contribution >= 0.6 is 0 Å². The number of hydrogen-bond donors (Lipinski definition) is 1. The van der Waals surface area contributed by atoms with E-state index in [4.69, 9.17) is 9.52 Å². The van der Waals surface area contributed by atoms with Crippen LogP contribution in [-0.4, -0.2) is 16.1 Å². The van der Waals surface area contributed by atoms with E-state index in [9.17, 15) is 4.79 Å². The summed E-state index contributed by atoms with van der Waals surface area (Å²) in [6.45, 7) is 5.79. The molecular formula is C9H13NO3. The summed E-state index contributed by atoms with van der Waals surface area (Å²) in [5.74, 6) is 0.386. The summed E-state index contributed by atoms with van der Waals surface area (Å²) >= 11 is 0. The predicted octanol–water partition coefficient (Wildman–Crippen LogP) is 1.73. The molecule has 1 N–H and O–H groups in total. The fourth-order valence-corrected chi connectivity index (χ4v) is 1.21. The summed E-state index contributed by atoms with van der Waals surface area (Å²) in [7, 11) is 0. The first-order valence-corrected chi connectivity index (χ1v) is 4.18. The van der Waals surface area contributed by atoms with Crippen molar-refractivity contribution < 1.29 is 14.3 Å². The fraction of sp³-hybridized carbons (Fsp3) is 0.556. The minimum absolute atomic E-state index is 0.145. The third-order valence-electron chi connectivity index (χ3n) is 1.70. The molecule has 13 heavy (non-hydrogen) atoms. The monoisotopic (exact) mass is 183 g/mol. The molecule has 4 nitrogen and oxygen atoms in total. The number of aliphatic carboxylic acids is 1. The van der Waals surface area contributed by atoms with Crippen LogP contribution < -0.4 is 0 Å². The van der Waals surface area contributed by atoms with Crippen molar-refractivity contribution in [2.45, 2.75) is 33.1 Å². The summed E-state index contributed by atoms with van der Waals surface area (Å²) in [5.41, 5.74) is 0.784. The molecule has 0 saturated carbocycles. The van der Waals surface area contributed by atoms with Gasteiger partial charge in [0.25, 0.3) is 0 Å². The Bertz CT molecular complexity index is 315. The van der Waals surface area contributed by atoms with Crippen LogP contribution in [0.15, 0.2) is 4.42 Å². The van der Waals surface area contributed by atoms with Crippen molar-refractivity contribution in [3.63, 3.8) is 0 Å². The highest BCUT2D eigenvalue weighted by Gasteiger charge is 2.14. The molecule has 0 aliphatic carbocycles. The fourth-order valence-electron chi connectivity index (χ4n) is 1.21. The number of aryl methyl sites for hydroxylation is 1. The van der Waals surface area contributed by atoms with Gasteiger partial charge in [-0.2, -0.15) is 0 Å². The third kappa shape index (κ3) is 2.31. The van der Waals surface area contributed by atoms with Gasteiger partial charge in [-0.25, -0.2) is 4.98 Å². The molecule has 1 heterocycles. The SMILES string of the molecule is Cc1nc(CC(=O)O)oc1C(C)C. The normalized spacial score (nSPS) is 10.8. The molecule has 4 heteroatoms. The highest BCUT2D eigenvalue weighted by Crippen LogP contribution is 2.19. The molecule has 0 bridgehead atoms. The molecule has 0 aromatic carbocycles. The van der Waals surface area contributed by atoms with Gasteiger partial charge in [-0.1, -0.05) is 13.8 Å². The topological polar surface area (TPSA) is 63.3 Å². The number of nitrogens with zero attached hydrogens (tertiary/aromatic N) is 1. The van der Waals surface area contributed by atoms with Crippen LogP contribution in [0.3, 0.4) is 0 Å². The molecule has 0 radical (unpaired) electrons. The maximum Gasteiger partial charge on any atom is 0.312 e. The van der Waals surface area contributed by atoms with Crippen molar-refractivity contribution in [3.05, 3.63) is 17.3 Å². The molecule has 0 spiro atoms. The van der Waals surface area contributed by atoms with E-state index in [0.29, 0.717) is 0 Å². The van der Waals surface area contributed by atoms with E-state index in [2.05, 4.69) is 4.98 Å². The summed E-state index contributed by atoms with van der Waals surface area (Å²) in [4.78, 5) is 14.4. The van der Waals surface area contributed by atoms with E-state index >= 15 is 0 Å². The molecular weight excluding hydrogens is 170 g/mol. The molecule has 0 atom stereocenters. The van der Waals surface area contributed by atoms with E-state index in [1.807, 2.05) is 20.8 Å². The summed E-state index contributed by atoms with van der Waals surface area (Å²) in [6.07, 6.45) is -0.145. The number of aromatic nitrogens is 1. The van der Waals surface area contributed by atoms with Crippen molar-refractivity contribution in [2.75, 3.05) is 0 Å². The number of oxazole rings is 1. The second kappa shape index (κ2) is 3.60. The number of carbonyl (C=O) groups is 1. The minimum Gasteiger partial charge on any atom is -0.481 e. The Morgan fingerprint density at radius 3 is 2.62 bits per heavy atom. The quantitative estimate of drug-likeness (QED) is 0.775. The van der Waals surface area contributed by atoms with Gasteiger partial charge in [0.05, 0.1) is 5.69 Å². The molecule has 0 saturated heterocycles. The van der Waals surface area contributed by atoms with E-state index in [1.54, 1.807) is 0 Å². The zero-order valence-electron chi connectivity index (χ0n) is 8.00. The molecule has 0 fully saturated rings. The van der Waals surface area contributed by atoms with Gasteiger partial charge in [0.1, 0.15) is 12.2 Å². The van der Waals surface area contributed by atoms with Crippen LogP contribution in [0.25, 0.3) is 0 Å². The van der Waals surface area contributed by atoms with Crippen LogP contribution in [0, 0.1) is 6.92 Å². The first-order chi connectivity index (χ1) is 6.00. The van der Waals surface area contributed by atoms with Crippen LogP contribution in [0.5, 0.6) is 0 Å². The average molecular weight is 183 g/mol. The summed E-state index contributed by atoms with van der Waals surface area (Å²) in [5, 5.41) is 8.51. The number of hydrogen-bond acceptors (Lipinski definition) is 3. The lowest BCUT2D eigenvalue weighted by molar-refractivity contribution is -0.136. The van der Waals surface area contributed by atoms with Gasteiger partial charge in [-0.15, -0.1) is 0 Å². The second-order valence-electron chi connectivity index (χ2n) is 3.28. The van der Waals surface area contributed by atoms with Crippen molar-refractivity contribution in [2.24, 2.45) is 0 Å². The van der Waals surface area contributed by atoms with Gasteiger partial charge in [0, 0.05) is 5.92 Å². The zero-order valence-corrected chi connectivity index (χ0v) is 8.00. The Morgan fingerprint density at radius 2 is 2.23 bits per heavy atom. The lowest BCUT2D eigenvalue weighted by Gasteiger charge is -1.98. The van der Waals surface area contributed by atoms with Crippen molar-refractivity contribution >= 4 is 5.97 Å². The Kier molecular flexibility index (Phi) is 2.70. The van der Waals surface area contributed by atoms with E-state index in [0.717, 1.165) is 11.5 Å². The zero-order chi connectivity index (χ0) is 10.0. The van der Waals surface area contributed by atoms with E-state index in [1.165, 1.54) is 0 Å². The maximum absolute atomic E-state index is 10.4. The van der Waals surface area contributed by atoms with Gasteiger partial charge < -0.3 is 9.52 Å².